The molecule has 0 aliphatic rings. The van der Waals surface area contributed by atoms with Crippen LogP contribution in [0.1, 0.15) is 31.6 Å². The van der Waals surface area contributed by atoms with E-state index in [2.05, 4.69) is 53.6 Å². The summed E-state index contributed by atoms with van der Waals surface area (Å²) in [6.45, 7) is 9.52. The Labute approximate surface area is 174 Å². The molecule has 0 fully saturated rings. The van der Waals surface area contributed by atoms with Crippen molar-refractivity contribution in [1.29, 1.82) is 0 Å². The summed E-state index contributed by atoms with van der Waals surface area (Å²) in [5.74, 6) is 0.942. The van der Waals surface area contributed by atoms with Gasteiger partial charge in [0.05, 0.1) is 26.4 Å². The van der Waals surface area contributed by atoms with Gasteiger partial charge in [0.15, 0.2) is 5.96 Å². The first-order valence-corrected chi connectivity index (χ1v) is 9.83. The van der Waals surface area contributed by atoms with E-state index in [9.17, 15) is 0 Å². The van der Waals surface area contributed by atoms with Crippen molar-refractivity contribution in [3.63, 3.8) is 0 Å². The second-order valence-electron chi connectivity index (χ2n) is 5.56. The quantitative estimate of drug-likeness (QED) is 0.202. The van der Waals surface area contributed by atoms with E-state index in [0.29, 0.717) is 26.4 Å². The molecule has 7 heteroatoms. The van der Waals surface area contributed by atoms with Gasteiger partial charge in [-0.1, -0.05) is 19.4 Å². The van der Waals surface area contributed by atoms with Crippen LogP contribution in [0.3, 0.4) is 0 Å². The van der Waals surface area contributed by atoms with Gasteiger partial charge in [0.25, 0.3) is 0 Å². The Kier molecular flexibility index (Phi) is 16.8. The van der Waals surface area contributed by atoms with Gasteiger partial charge < -0.3 is 19.7 Å². The largest absolute Gasteiger partial charge is 0.379 e. The number of likely N-dealkylation sites (N-methyl/N-ethyl adjacent to an activating group) is 1. The van der Waals surface area contributed by atoms with Crippen molar-refractivity contribution in [2.24, 2.45) is 4.99 Å². The first kappa shape index (κ1) is 24.6. The van der Waals surface area contributed by atoms with Crippen molar-refractivity contribution in [1.82, 2.24) is 10.2 Å². The number of nitrogens with one attached hydrogen (secondary N) is 1. The second kappa shape index (κ2) is 17.1. The van der Waals surface area contributed by atoms with Crippen LogP contribution in [0.25, 0.3) is 0 Å². The van der Waals surface area contributed by atoms with Crippen molar-refractivity contribution in [2.75, 3.05) is 53.1 Å². The number of rotatable bonds is 13. The SMILES string of the molecule is CCCCOCCOCCN=C(NCC)N(C)CCc1cccs1.I. The lowest BCUT2D eigenvalue weighted by molar-refractivity contribution is 0.0497. The lowest BCUT2D eigenvalue weighted by Crippen LogP contribution is -2.40. The van der Waals surface area contributed by atoms with Gasteiger partial charge in [0, 0.05) is 31.6 Å². The molecular formula is C18H34IN3O2S. The molecule has 25 heavy (non-hydrogen) atoms. The summed E-state index contributed by atoms with van der Waals surface area (Å²) in [5.41, 5.74) is 0. The Morgan fingerprint density at radius 3 is 2.60 bits per heavy atom. The van der Waals surface area contributed by atoms with Crippen molar-refractivity contribution in [2.45, 2.75) is 33.1 Å². The molecule has 146 valence electrons. The highest BCUT2D eigenvalue weighted by Crippen LogP contribution is 2.09. The normalized spacial score (nSPS) is 11.2. The average molecular weight is 483 g/mol. The van der Waals surface area contributed by atoms with E-state index in [1.807, 2.05) is 0 Å². The number of hydrogen-bond acceptors (Lipinski definition) is 4. The van der Waals surface area contributed by atoms with Crippen molar-refractivity contribution in [3.8, 4) is 0 Å². The fourth-order valence-electron chi connectivity index (χ4n) is 2.09. The van der Waals surface area contributed by atoms with Gasteiger partial charge in [-0.15, -0.1) is 35.3 Å². The topological polar surface area (TPSA) is 46.1 Å². The fraction of sp³-hybridized carbons (Fsp3) is 0.722. The van der Waals surface area contributed by atoms with Crippen LogP contribution in [-0.2, 0) is 15.9 Å². The molecule has 0 saturated heterocycles. The third kappa shape index (κ3) is 12.6. The zero-order valence-corrected chi connectivity index (χ0v) is 19.0. The fourth-order valence-corrected chi connectivity index (χ4v) is 2.79. The van der Waals surface area contributed by atoms with Gasteiger partial charge >= 0.3 is 0 Å². The minimum Gasteiger partial charge on any atom is -0.379 e. The molecule has 1 rings (SSSR count). The first-order chi connectivity index (χ1) is 11.8. The molecule has 0 bridgehead atoms. The molecule has 0 aliphatic heterocycles. The van der Waals surface area contributed by atoms with Gasteiger partial charge in [-0.05, 0) is 31.2 Å². The van der Waals surface area contributed by atoms with Crippen LogP contribution in [0.15, 0.2) is 22.5 Å². The van der Waals surface area contributed by atoms with E-state index in [-0.39, 0.29) is 24.0 Å². The van der Waals surface area contributed by atoms with Crippen LogP contribution in [0, 0.1) is 0 Å². The number of aliphatic imine (C=N–C) groups is 1. The third-order valence-electron chi connectivity index (χ3n) is 3.48. The van der Waals surface area contributed by atoms with E-state index in [0.717, 1.165) is 38.5 Å². The smallest absolute Gasteiger partial charge is 0.193 e. The number of unbranched alkanes of at least 4 members (excludes halogenated alkanes) is 1. The standard InChI is InChI=1S/C18H33N3O2S.HI/c1-4-6-12-22-14-15-23-13-10-20-18(19-5-2)21(3)11-9-17-8-7-16-24-17;/h7-8,16H,4-6,9-15H2,1-3H3,(H,19,20);1H. The minimum absolute atomic E-state index is 0. The summed E-state index contributed by atoms with van der Waals surface area (Å²) >= 11 is 1.81. The number of hydrogen-bond donors (Lipinski definition) is 1. The molecule has 0 unspecified atom stereocenters. The summed E-state index contributed by atoms with van der Waals surface area (Å²) in [6.07, 6.45) is 3.33. The van der Waals surface area contributed by atoms with E-state index < -0.39 is 0 Å². The van der Waals surface area contributed by atoms with Gasteiger partial charge in [-0.2, -0.15) is 0 Å². The van der Waals surface area contributed by atoms with E-state index in [4.69, 9.17) is 9.47 Å². The van der Waals surface area contributed by atoms with Crippen LogP contribution >= 0.6 is 35.3 Å². The molecule has 1 aromatic heterocycles. The Hall–Kier alpha value is -0.380. The van der Waals surface area contributed by atoms with E-state index in [1.54, 1.807) is 11.3 Å². The van der Waals surface area contributed by atoms with Gasteiger partial charge in [0.2, 0.25) is 0 Å². The molecule has 1 N–H and O–H groups in total. The van der Waals surface area contributed by atoms with Crippen LogP contribution in [0.5, 0.6) is 0 Å². The Morgan fingerprint density at radius 1 is 1.20 bits per heavy atom. The highest BCUT2D eigenvalue weighted by Gasteiger charge is 2.05. The number of thiophene rings is 1. The maximum atomic E-state index is 5.56. The molecular weight excluding hydrogens is 449 g/mol. The van der Waals surface area contributed by atoms with Crippen LogP contribution in [0.2, 0.25) is 0 Å². The number of halogens is 1. The summed E-state index contributed by atoms with van der Waals surface area (Å²) in [4.78, 5) is 8.21. The van der Waals surface area contributed by atoms with E-state index >= 15 is 0 Å². The monoisotopic (exact) mass is 483 g/mol. The summed E-state index contributed by atoms with van der Waals surface area (Å²) < 4.78 is 11.0. The second-order valence-corrected chi connectivity index (χ2v) is 6.60. The van der Waals surface area contributed by atoms with Gasteiger partial charge in [0.1, 0.15) is 0 Å². The highest BCUT2D eigenvalue weighted by molar-refractivity contribution is 14.0. The molecule has 0 aromatic carbocycles. The summed E-state index contributed by atoms with van der Waals surface area (Å²) in [6, 6.07) is 4.28. The molecule has 0 amide bonds. The lowest BCUT2D eigenvalue weighted by Gasteiger charge is -2.21. The van der Waals surface area contributed by atoms with Crippen molar-refractivity contribution >= 4 is 41.3 Å². The molecule has 0 spiro atoms. The van der Waals surface area contributed by atoms with Gasteiger partial charge in [-0.25, -0.2) is 0 Å². The maximum Gasteiger partial charge on any atom is 0.193 e. The zero-order chi connectivity index (χ0) is 17.5. The molecule has 1 heterocycles. The third-order valence-corrected chi connectivity index (χ3v) is 4.42. The molecule has 1 aromatic rings. The maximum absolute atomic E-state index is 5.56. The molecule has 0 aliphatic carbocycles. The van der Waals surface area contributed by atoms with Crippen LogP contribution in [0.4, 0.5) is 0 Å². The average Bonchev–Trinajstić information content (AvgIpc) is 3.10. The Morgan fingerprint density at radius 2 is 1.96 bits per heavy atom. The Bertz CT molecular complexity index is 430. The summed E-state index contributed by atoms with van der Waals surface area (Å²) in [7, 11) is 2.08. The molecule has 0 atom stereocenters. The van der Waals surface area contributed by atoms with Crippen LogP contribution in [-0.4, -0.2) is 64.0 Å². The highest BCUT2D eigenvalue weighted by atomic mass is 127. The zero-order valence-electron chi connectivity index (χ0n) is 15.8. The van der Waals surface area contributed by atoms with Crippen LogP contribution < -0.4 is 5.32 Å². The number of nitrogens with zero attached hydrogens (tertiary/aromatic N) is 2. The predicted molar refractivity (Wildman–Crippen MR) is 119 cm³/mol. The molecule has 0 radical (unpaired) electrons. The molecule has 0 saturated carbocycles. The minimum atomic E-state index is 0. The van der Waals surface area contributed by atoms with Gasteiger partial charge in [-0.3, -0.25) is 4.99 Å². The Balaban J connectivity index is 0.00000576. The number of ether oxygens (including phenoxy) is 2. The molecule has 5 nitrogen and oxygen atoms in total. The van der Waals surface area contributed by atoms with E-state index in [1.165, 1.54) is 11.3 Å². The lowest BCUT2D eigenvalue weighted by atomic mass is 10.3. The summed E-state index contributed by atoms with van der Waals surface area (Å²) in [5, 5.41) is 5.46. The first-order valence-electron chi connectivity index (χ1n) is 8.95. The van der Waals surface area contributed by atoms with Crippen molar-refractivity contribution in [3.05, 3.63) is 22.4 Å². The van der Waals surface area contributed by atoms with Crippen molar-refractivity contribution < 1.29 is 9.47 Å². The number of guanidine groups is 1. The predicted octanol–water partition coefficient (Wildman–Crippen LogP) is 3.64.